The molecule has 0 radical (unpaired) electrons. The highest BCUT2D eigenvalue weighted by atomic mass is 16.5. The predicted molar refractivity (Wildman–Crippen MR) is 42.4 cm³/mol. The van der Waals surface area contributed by atoms with Gasteiger partial charge in [-0.1, -0.05) is 0 Å². The average molecular weight is 171 g/mol. The second kappa shape index (κ2) is 4.09. The van der Waals surface area contributed by atoms with E-state index in [1.165, 1.54) is 7.11 Å². The molecule has 0 aromatic heterocycles. The molecule has 68 valence electrons. The minimum absolute atomic E-state index is 0.0372. The minimum atomic E-state index is -0.227. The number of hydrogen-bond donors (Lipinski definition) is 1. The lowest BCUT2D eigenvalue weighted by molar-refractivity contribution is -0.142. The van der Waals surface area contributed by atoms with Gasteiger partial charge in [0.15, 0.2) is 0 Å². The normalized spacial score (nSPS) is 23.1. The quantitative estimate of drug-likeness (QED) is 0.598. The van der Waals surface area contributed by atoms with Gasteiger partial charge in [-0.2, -0.15) is 0 Å². The van der Waals surface area contributed by atoms with E-state index in [1.54, 1.807) is 0 Å². The Bertz CT molecular complexity index is 191. The summed E-state index contributed by atoms with van der Waals surface area (Å²) in [6.07, 6.45) is 1.69. The fraction of sp³-hybridized carbons (Fsp3) is 0.750. The van der Waals surface area contributed by atoms with Crippen LogP contribution in [0.1, 0.15) is 19.3 Å². The second-order valence-electron chi connectivity index (χ2n) is 2.99. The molecule has 1 atom stereocenters. The fourth-order valence-electron chi connectivity index (χ4n) is 1.35. The Balaban J connectivity index is 2.32. The second-order valence-corrected chi connectivity index (χ2v) is 2.99. The molecule has 1 amide bonds. The monoisotopic (exact) mass is 171 g/mol. The zero-order valence-corrected chi connectivity index (χ0v) is 7.13. The number of ether oxygens (including phenoxy) is 1. The van der Waals surface area contributed by atoms with Crippen LogP contribution in [-0.4, -0.2) is 25.5 Å². The van der Waals surface area contributed by atoms with Gasteiger partial charge >= 0.3 is 5.97 Å². The Morgan fingerprint density at radius 3 is 3.08 bits per heavy atom. The molecule has 1 saturated heterocycles. The number of nitrogens with one attached hydrogen (secondary N) is 1. The van der Waals surface area contributed by atoms with E-state index in [1.807, 2.05) is 0 Å². The number of rotatable bonds is 2. The van der Waals surface area contributed by atoms with Gasteiger partial charge in [-0.15, -0.1) is 0 Å². The van der Waals surface area contributed by atoms with E-state index < -0.39 is 0 Å². The maximum Gasteiger partial charge on any atom is 0.305 e. The number of amides is 1. The van der Waals surface area contributed by atoms with Crippen molar-refractivity contribution in [3.05, 3.63) is 0 Å². The van der Waals surface area contributed by atoms with E-state index in [2.05, 4.69) is 10.1 Å². The Labute approximate surface area is 71.3 Å². The van der Waals surface area contributed by atoms with Crippen LogP contribution in [0.15, 0.2) is 0 Å². The third kappa shape index (κ3) is 2.53. The summed E-state index contributed by atoms with van der Waals surface area (Å²) in [4.78, 5) is 21.7. The highest BCUT2D eigenvalue weighted by Gasteiger charge is 2.21. The lowest BCUT2D eigenvalue weighted by Gasteiger charge is -2.20. The highest BCUT2D eigenvalue weighted by molar-refractivity contribution is 5.78. The van der Waals surface area contributed by atoms with Crippen molar-refractivity contribution >= 4 is 11.9 Å². The van der Waals surface area contributed by atoms with E-state index in [-0.39, 0.29) is 17.8 Å². The van der Waals surface area contributed by atoms with Gasteiger partial charge < -0.3 is 10.1 Å². The van der Waals surface area contributed by atoms with Gasteiger partial charge in [-0.05, 0) is 12.3 Å². The Kier molecular flexibility index (Phi) is 3.08. The van der Waals surface area contributed by atoms with Crippen LogP contribution in [0, 0.1) is 5.92 Å². The van der Waals surface area contributed by atoms with Crippen LogP contribution in [0.3, 0.4) is 0 Å². The van der Waals surface area contributed by atoms with Crippen molar-refractivity contribution in [3.8, 4) is 0 Å². The molecule has 1 heterocycles. The van der Waals surface area contributed by atoms with Crippen LogP contribution in [0.4, 0.5) is 0 Å². The molecule has 1 aliphatic rings. The highest BCUT2D eigenvalue weighted by Crippen LogP contribution is 2.16. The summed E-state index contributed by atoms with van der Waals surface area (Å²) >= 11 is 0. The molecule has 0 aliphatic carbocycles. The van der Waals surface area contributed by atoms with E-state index in [9.17, 15) is 9.59 Å². The third-order valence-electron chi connectivity index (χ3n) is 2.03. The Morgan fingerprint density at radius 2 is 2.50 bits per heavy atom. The van der Waals surface area contributed by atoms with E-state index in [0.29, 0.717) is 19.4 Å². The van der Waals surface area contributed by atoms with Gasteiger partial charge in [-0.3, -0.25) is 9.59 Å². The van der Waals surface area contributed by atoms with Crippen LogP contribution in [0.2, 0.25) is 0 Å². The van der Waals surface area contributed by atoms with E-state index in [4.69, 9.17) is 0 Å². The summed E-state index contributed by atoms with van der Waals surface area (Å²) in [5.74, 6) is -0.0175. The lowest BCUT2D eigenvalue weighted by atomic mass is 9.94. The molecule has 1 N–H and O–H groups in total. The number of piperidine rings is 1. The van der Waals surface area contributed by atoms with Crippen LogP contribution in [0.25, 0.3) is 0 Å². The Hall–Kier alpha value is -1.06. The average Bonchev–Trinajstić information content (AvgIpc) is 2.04. The van der Waals surface area contributed by atoms with Crippen LogP contribution in [0.5, 0.6) is 0 Å². The molecule has 0 unspecified atom stereocenters. The standard InChI is InChI=1S/C8H13NO3/c1-12-8(11)5-6-2-3-9-7(10)4-6/h6H,2-5H2,1H3,(H,9,10)/t6-/m1/s1. The van der Waals surface area contributed by atoms with Crippen molar-refractivity contribution in [1.29, 1.82) is 0 Å². The molecule has 4 nitrogen and oxygen atoms in total. The molecule has 0 aromatic carbocycles. The molecular weight excluding hydrogens is 158 g/mol. The molecule has 0 spiro atoms. The van der Waals surface area contributed by atoms with E-state index in [0.717, 1.165) is 6.42 Å². The van der Waals surface area contributed by atoms with Gasteiger partial charge in [-0.25, -0.2) is 0 Å². The topological polar surface area (TPSA) is 55.4 Å². The number of esters is 1. The number of hydrogen-bond acceptors (Lipinski definition) is 3. The molecule has 1 fully saturated rings. The Morgan fingerprint density at radius 1 is 1.75 bits per heavy atom. The summed E-state index contributed by atoms with van der Waals surface area (Å²) in [5, 5.41) is 2.71. The number of methoxy groups -OCH3 is 1. The van der Waals surface area contributed by atoms with Crippen molar-refractivity contribution in [1.82, 2.24) is 5.32 Å². The smallest absolute Gasteiger partial charge is 0.305 e. The summed E-state index contributed by atoms with van der Waals surface area (Å²) in [6.45, 7) is 0.681. The van der Waals surface area contributed by atoms with Gasteiger partial charge in [0, 0.05) is 19.4 Å². The first-order valence-electron chi connectivity index (χ1n) is 4.06. The summed E-state index contributed by atoms with van der Waals surface area (Å²) in [5.41, 5.74) is 0. The predicted octanol–water partition coefficient (Wildman–Crippen LogP) is 0.0757. The largest absolute Gasteiger partial charge is 0.469 e. The van der Waals surface area contributed by atoms with Gasteiger partial charge in [0.2, 0.25) is 5.91 Å². The van der Waals surface area contributed by atoms with Crippen LogP contribution < -0.4 is 5.32 Å². The molecular formula is C8H13NO3. The van der Waals surface area contributed by atoms with Crippen molar-refractivity contribution < 1.29 is 14.3 Å². The van der Waals surface area contributed by atoms with Crippen LogP contribution in [-0.2, 0) is 14.3 Å². The van der Waals surface area contributed by atoms with Gasteiger partial charge in [0.25, 0.3) is 0 Å². The summed E-state index contributed by atoms with van der Waals surface area (Å²) in [7, 11) is 1.37. The third-order valence-corrected chi connectivity index (χ3v) is 2.03. The zero-order chi connectivity index (χ0) is 8.97. The molecule has 0 saturated carbocycles. The first-order chi connectivity index (χ1) is 5.72. The maximum atomic E-state index is 10.9. The maximum absolute atomic E-state index is 10.9. The van der Waals surface area contributed by atoms with Crippen LogP contribution >= 0.6 is 0 Å². The molecule has 1 aliphatic heterocycles. The van der Waals surface area contributed by atoms with E-state index >= 15 is 0 Å². The molecule has 1 rings (SSSR count). The molecule has 4 heteroatoms. The molecule has 12 heavy (non-hydrogen) atoms. The van der Waals surface area contributed by atoms with Gasteiger partial charge in [0.1, 0.15) is 0 Å². The summed E-state index contributed by atoms with van der Waals surface area (Å²) in [6, 6.07) is 0. The van der Waals surface area contributed by atoms with Crippen molar-refractivity contribution in [2.45, 2.75) is 19.3 Å². The van der Waals surface area contributed by atoms with Gasteiger partial charge in [0.05, 0.1) is 7.11 Å². The van der Waals surface area contributed by atoms with Crippen molar-refractivity contribution in [3.63, 3.8) is 0 Å². The molecule has 0 bridgehead atoms. The number of carbonyl (C=O) groups is 2. The first-order valence-corrected chi connectivity index (χ1v) is 4.06. The fourth-order valence-corrected chi connectivity index (χ4v) is 1.35. The summed E-state index contributed by atoms with van der Waals surface area (Å²) < 4.78 is 4.52. The number of carbonyl (C=O) groups excluding carboxylic acids is 2. The molecule has 0 aromatic rings. The lowest BCUT2D eigenvalue weighted by Crippen LogP contribution is -2.34. The first kappa shape index (κ1) is 9.03. The SMILES string of the molecule is COC(=O)C[C@@H]1CCNC(=O)C1. The minimum Gasteiger partial charge on any atom is -0.469 e. The zero-order valence-electron chi connectivity index (χ0n) is 7.13. The van der Waals surface area contributed by atoms with Crippen molar-refractivity contribution in [2.75, 3.05) is 13.7 Å². The van der Waals surface area contributed by atoms with Crippen molar-refractivity contribution in [2.24, 2.45) is 5.92 Å².